The van der Waals surface area contributed by atoms with Crippen molar-refractivity contribution in [2.24, 2.45) is 0 Å². The summed E-state index contributed by atoms with van der Waals surface area (Å²) in [5, 5.41) is 4.26. The topological polar surface area (TPSA) is 24.9 Å². The van der Waals surface area contributed by atoms with Gasteiger partial charge in [0.1, 0.15) is 5.82 Å². The fourth-order valence-corrected chi connectivity index (χ4v) is 1.74. The minimum absolute atomic E-state index is 0.921. The van der Waals surface area contributed by atoms with Crippen molar-refractivity contribution < 1.29 is 0 Å². The highest BCUT2D eigenvalue weighted by Gasteiger charge is 2.00. The van der Waals surface area contributed by atoms with Crippen molar-refractivity contribution in [1.82, 2.24) is 4.98 Å². The maximum atomic E-state index is 4.52. The fourth-order valence-electron chi connectivity index (χ4n) is 1.74. The molecule has 2 nitrogen and oxygen atoms in total. The Morgan fingerprint density at radius 1 is 1.14 bits per heavy atom. The average molecular weight is 186 g/mol. The molecule has 0 radical (unpaired) electrons. The molecular weight excluding hydrogens is 172 g/mol. The van der Waals surface area contributed by atoms with Gasteiger partial charge in [0, 0.05) is 12.4 Å². The number of hydrogen-bond acceptors (Lipinski definition) is 2. The lowest BCUT2D eigenvalue weighted by Crippen LogP contribution is -1.93. The molecule has 1 aromatic heterocycles. The molecule has 0 aliphatic heterocycles. The summed E-state index contributed by atoms with van der Waals surface area (Å²) in [6, 6.07) is 8.43. The van der Waals surface area contributed by atoms with Crippen LogP contribution in [0.1, 0.15) is 11.1 Å². The van der Waals surface area contributed by atoms with Gasteiger partial charge in [0.25, 0.3) is 0 Å². The minimum atomic E-state index is 0.921. The van der Waals surface area contributed by atoms with Crippen molar-refractivity contribution in [3.63, 3.8) is 0 Å². The Morgan fingerprint density at radius 3 is 2.64 bits per heavy atom. The molecule has 0 aliphatic carbocycles. The number of aryl methyl sites for hydroxylation is 2. The lowest BCUT2D eigenvalue weighted by Gasteiger charge is -2.05. The quantitative estimate of drug-likeness (QED) is 0.740. The van der Waals surface area contributed by atoms with E-state index in [-0.39, 0.29) is 0 Å². The highest BCUT2D eigenvalue weighted by Crippen LogP contribution is 2.20. The lowest BCUT2D eigenvalue weighted by atomic mass is 10.1. The molecule has 2 rings (SSSR count). The lowest BCUT2D eigenvalue weighted by molar-refractivity contribution is 1.31. The number of pyridine rings is 1. The molecule has 1 N–H and O–H groups in total. The van der Waals surface area contributed by atoms with Crippen LogP contribution in [0.2, 0.25) is 0 Å². The summed E-state index contributed by atoms with van der Waals surface area (Å²) in [4.78, 5) is 4.52. The van der Waals surface area contributed by atoms with Gasteiger partial charge in [0.15, 0.2) is 0 Å². The van der Waals surface area contributed by atoms with Gasteiger partial charge in [-0.3, -0.25) is 0 Å². The summed E-state index contributed by atoms with van der Waals surface area (Å²) in [6.07, 6.45) is 0. The predicted molar refractivity (Wildman–Crippen MR) is 60.8 cm³/mol. The van der Waals surface area contributed by atoms with Crippen LogP contribution in [0.4, 0.5) is 5.82 Å². The maximum Gasteiger partial charge on any atom is 0.126 e. The van der Waals surface area contributed by atoms with Crippen molar-refractivity contribution in [3.8, 4) is 0 Å². The molecule has 0 spiro atoms. The maximum absolute atomic E-state index is 4.52. The van der Waals surface area contributed by atoms with Crippen molar-refractivity contribution in [2.75, 3.05) is 12.4 Å². The van der Waals surface area contributed by atoms with Gasteiger partial charge in [-0.25, -0.2) is 4.98 Å². The Bertz CT molecular complexity index is 475. The van der Waals surface area contributed by atoms with Crippen LogP contribution in [-0.4, -0.2) is 12.0 Å². The first-order valence-corrected chi connectivity index (χ1v) is 4.76. The summed E-state index contributed by atoms with van der Waals surface area (Å²) in [5.74, 6) is 0.921. The monoisotopic (exact) mass is 186 g/mol. The van der Waals surface area contributed by atoms with E-state index in [1.807, 2.05) is 13.1 Å². The molecule has 0 fully saturated rings. The Balaban J connectivity index is 2.75. The van der Waals surface area contributed by atoms with Gasteiger partial charge in [-0.15, -0.1) is 0 Å². The van der Waals surface area contributed by atoms with E-state index in [4.69, 9.17) is 0 Å². The number of nitrogens with zero attached hydrogens (tertiary/aromatic N) is 1. The number of fused-ring (bicyclic) bond motifs is 1. The third kappa shape index (κ3) is 1.43. The van der Waals surface area contributed by atoms with E-state index < -0.39 is 0 Å². The van der Waals surface area contributed by atoms with Crippen molar-refractivity contribution >= 4 is 16.7 Å². The largest absolute Gasteiger partial charge is 0.373 e. The van der Waals surface area contributed by atoms with Gasteiger partial charge in [0.05, 0.1) is 5.52 Å². The van der Waals surface area contributed by atoms with E-state index in [1.54, 1.807) is 0 Å². The highest BCUT2D eigenvalue weighted by molar-refractivity contribution is 5.83. The third-order valence-electron chi connectivity index (χ3n) is 2.38. The number of rotatable bonds is 1. The summed E-state index contributed by atoms with van der Waals surface area (Å²) >= 11 is 0. The van der Waals surface area contributed by atoms with E-state index in [2.05, 4.69) is 42.3 Å². The molecule has 0 atom stereocenters. The Labute approximate surface area is 84.0 Å². The zero-order valence-electron chi connectivity index (χ0n) is 8.76. The predicted octanol–water partition coefficient (Wildman–Crippen LogP) is 2.89. The third-order valence-corrected chi connectivity index (χ3v) is 2.38. The van der Waals surface area contributed by atoms with Gasteiger partial charge < -0.3 is 5.32 Å². The Morgan fingerprint density at radius 2 is 1.93 bits per heavy atom. The molecule has 0 aliphatic rings. The normalized spacial score (nSPS) is 10.5. The zero-order chi connectivity index (χ0) is 10.1. The first kappa shape index (κ1) is 9.00. The average Bonchev–Trinajstić information content (AvgIpc) is 2.17. The molecule has 0 amide bonds. The zero-order valence-corrected chi connectivity index (χ0v) is 8.76. The van der Waals surface area contributed by atoms with Crippen molar-refractivity contribution in [3.05, 3.63) is 35.4 Å². The summed E-state index contributed by atoms with van der Waals surface area (Å²) < 4.78 is 0. The molecule has 72 valence electrons. The number of nitrogens with one attached hydrogen (secondary N) is 1. The van der Waals surface area contributed by atoms with Crippen LogP contribution in [0.25, 0.3) is 10.9 Å². The number of hydrogen-bond donors (Lipinski definition) is 1. The van der Waals surface area contributed by atoms with E-state index in [9.17, 15) is 0 Å². The van der Waals surface area contributed by atoms with Gasteiger partial charge in [0.2, 0.25) is 0 Å². The molecule has 1 heterocycles. The molecule has 0 saturated carbocycles. The summed E-state index contributed by atoms with van der Waals surface area (Å²) in [6.45, 7) is 4.21. The Hall–Kier alpha value is -1.57. The van der Waals surface area contributed by atoms with Crippen molar-refractivity contribution in [1.29, 1.82) is 0 Å². The van der Waals surface area contributed by atoms with Crippen LogP contribution >= 0.6 is 0 Å². The molecule has 14 heavy (non-hydrogen) atoms. The van der Waals surface area contributed by atoms with Crippen LogP contribution in [0, 0.1) is 13.8 Å². The molecule has 2 aromatic rings. The van der Waals surface area contributed by atoms with Crippen LogP contribution in [0.15, 0.2) is 24.3 Å². The van der Waals surface area contributed by atoms with E-state index in [0.717, 1.165) is 11.3 Å². The molecule has 0 saturated heterocycles. The highest BCUT2D eigenvalue weighted by atomic mass is 15.0. The van der Waals surface area contributed by atoms with Crippen LogP contribution < -0.4 is 5.32 Å². The second-order valence-corrected chi connectivity index (χ2v) is 3.60. The fraction of sp³-hybridized carbons (Fsp3) is 0.250. The summed E-state index contributed by atoms with van der Waals surface area (Å²) in [7, 11) is 1.89. The molecule has 2 heteroatoms. The molecule has 0 unspecified atom stereocenters. The number of aromatic nitrogens is 1. The second kappa shape index (κ2) is 3.29. The van der Waals surface area contributed by atoms with Gasteiger partial charge in [-0.2, -0.15) is 0 Å². The van der Waals surface area contributed by atoms with Gasteiger partial charge in [-0.05, 0) is 37.6 Å². The van der Waals surface area contributed by atoms with Crippen molar-refractivity contribution in [2.45, 2.75) is 13.8 Å². The number of benzene rings is 1. The van der Waals surface area contributed by atoms with E-state index in [0.29, 0.717) is 0 Å². The molecule has 0 bridgehead atoms. The smallest absolute Gasteiger partial charge is 0.126 e. The SMILES string of the molecule is CNc1ccc2cc(C)cc(C)c2n1. The standard InChI is InChI=1S/C12H14N2/c1-8-6-9(2)12-10(7-8)4-5-11(13-3)14-12/h4-7H,1-3H3,(H,13,14). The van der Waals surface area contributed by atoms with Gasteiger partial charge >= 0.3 is 0 Å². The van der Waals surface area contributed by atoms with Gasteiger partial charge in [-0.1, -0.05) is 11.6 Å². The second-order valence-electron chi connectivity index (χ2n) is 3.60. The first-order chi connectivity index (χ1) is 6.70. The van der Waals surface area contributed by atoms with E-state index in [1.165, 1.54) is 16.5 Å². The molecule has 1 aromatic carbocycles. The minimum Gasteiger partial charge on any atom is -0.373 e. The molecular formula is C12H14N2. The van der Waals surface area contributed by atoms with E-state index >= 15 is 0 Å². The first-order valence-electron chi connectivity index (χ1n) is 4.76. The van der Waals surface area contributed by atoms with Crippen LogP contribution in [0.5, 0.6) is 0 Å². The number of anilines is 1. The Kier molecular flexibility index (Phi) is 2.12. The summed E-state index contributed by atoms with van der Waals surface area (Å²) in [5.41, 5.74) is 3.61. The van der Waals surface area contributed by atoms with Crippen LogP contribution in [-0.2, 0) is 0 Å². The van der Waals surface area contributed by atoms with Crippen LogP contribution in [0.3, 0.4) is 0 Å².